The van der Waals surface area contributed by atoms with Crippen molar-refractivity contribution in [2.45, 2.75) is 32.9 Å². The van der Waals surface area contributed by atoms with E-state index in [2.05, 4.69) is 5.32 Å². The van der Waals surface area contributed by atoms with Crippen LogP contribution in [0, 0.1) is 5.82 Å². The summed E-state index contributed by atoms with van der Waals surface area (Å²) >= 11 is 12.5. The Balaban J connectivity index is 2.43. The molecule has 7 nitrogen and oxygen atoms in total. The van der Waals surface area contributed by atoms with Gasteiger partial charge in [0, 0.05) is 28.7 Å². The Bertz CT molecular complexity index is 1090. The average Bonchev–Trinajstić information content (AvgIpc) is 2.74. The van der Waals surface area contributed by atoms with Crippen molar-refractivity contribution in [1.29, 1.82) is 0 Å². The Hall–Kier alpha value is -2.36. The molecular weight excluding hydrogens is 492 g/mol. The Labute approximate surface area is 203 Å². The molecule has 1 atom stereocenters. The van der Waals surface area contributed by atoms with Crippen molar-refractivity contribution < 1.29 is 22.4 Å². The molecule has 0 saturated carbocycles. The van der Waals surface area contributed by atoms with Gasteiger partial charge in [-0.3, -0.25) is 13.9 Å². The summed E-state index contributed by atoms with van der Waals surface area (Å²) in [5, 5.41) is 3.32. The smallest absolute Gasteiger partial charge is 0.244 e. The average molecular weight is 518 g/mol. The monoisotopic (exact) mass is 517 g/mol. The molecule has 0 spiro atoms. The quantitative estimate of drug-likeness (QED) is 0.518. The Morgan fingerprint density at radius 3 is 2.27 bits per heavy atom. The van der Waals surface area contributed by atoms with E-state index in [1.165, 1.54) is 24.0 Å². The second-order valence-corrected chi connectivity index (χ2v) is 10.2. The van der Waals surface area contributed by atoms with E-state index in [1.54, 1.807) is 18.2 Å². The summed E-state index contributed by atoms with van der Waals surface area (Å²) in [7, 11) is -3.95. The van der Waals surface area contributed by atoms with E-state index in [-0.39, 0.29) is 12.2 Å². The number of anilines is 1. The zero-order valence-electron chi connectivity index (χ0n) is 18.5. The second kappa shape index (κ2) is 11.7. The molecule has 0 aromatic heterocycles. The van der Waals surface area contributed by atoms with Crippen LogP contribution in [0.25, 0.3) is 0 Å². The largest absolute Gasteiger partial charge is 0.354 e. The van der Waals surface area contributed by atoms with Gasteiger partial charge in [-0.05, 0) is 43.7 Å². The fourth-order valence-corrected chi connectivity index (χ4v) is 4.44. The minimum absolute atomic E-state index is 0.00957. The van der Waals surface area contributed by atoms with E-state index >= 15 is 0 Å². The third-order valence-corrected chi connectivity index (χ3v) is 6.73. The van der Waals surface area contributed by atoms with Crippen LogP contribution in [0.15, 0.2) is 42.5 Å². The highest BCUT2D eigenvalue weighted by Gasteiger charge is 2.31. The highest BCUT2D eigenvalue weighted by molar-refractivity contribution is 7.92. The van der Waals surface area contributed by atoms with Crippen LogP contribution < -0.4 is 9.62 Å². The lowest BCUT2D eigenvalue weighted by atomic mass is 10.1. The van der Waals surface area contributed by atoms with Gasteiger partial charge in [0.2, 0.25) is 21.8 Å². The molecule has 180 valence electrons. The van der Waals surface area contributed by atoms with E-state index in [0.29, 0.717) is 28.6 Å². The summed E-state index contributed by atoms with van der Waals surface area (Å²) in [6, 6.07) is 8.79. The number of halogens is 3. The lowest BCUT2D eigenvalue weighted by molar-refractivity contribution is -0.139. The number of amides is 2. The van der Waals surface area contributed by atoms with Gasteiger partial charge in [0.25, 0.3) is 0 Å². The maximum Gasteiger partial charge on any atom is 0.244 e. The molecule has 0 aliphatic heterocycles. The summed E-state index contributed by atoms with van der Waals surface area (Å²) < 4.78 is 39.4. The number of hydrogen-bond acceptors (Lipinski definition) is 4. The number of carbonyl (C=O) groups is 2. The fraction of sp³-hybridized carbons (Fsp3) is 0.364. The first-order valence-electron chi connectivity index (χ1n) is 10.2. The van der Waals surface area contributed by atoms with Gasteiger partial charge in [-0.25, -0.2) is 12.8 Å². The summed E-state index contributed by atoms with van der Waals surface area (Å²) in [5.41, 5.74) is 0.408. The Kier molecular flexibility index (Phi) is 9.51. The first-order valence-corrected chi connectivity index (χ1v) is 12.8. The number of carbonyl (C=O) groups excluding carboxylic acids is 2. The number of rotatable bonds is 10. The zero-order chi connectivity index (χ0) is 24.8. The summed E-state index contributed by atoms with van der Waals surface area (Å²) in [4.78, 5) is 27.2. The molecule has 0 radical (unpaired) electrons. The standard InChI is InChI=1S/C22H26Cl2FN3O4S/c1-4-11-26-22(30)15(2)27(13-18-19(23)9-6-10-20(18)24)21(29)14-28(33(3,31)32)17-8-5-7-16(25)12-17/h5-10,12,15H,4,11,13-14H2,1-3H3,(H,26,30)/t15-/m1/s1. The van der Waals surface area contributed by atoms with Crippen molar-refractivity contribution in [1.82, 2.24) is 10.2 Å². The van der Waals surface area contributed by atoms with Gasteiger partial charge in [0.05, 0.1) is 11.9 Å². The molecule has 2 aromatic rings. The molecule has 0 saturated heterocycles. The first-order chi connectivity index (χ1) is 15.5. The lowest BCUT2D eigenvalue weighted by Gasteiger charge is -2.32. The van der Waals surface area contributed by atoms with Crippen molar-refractivity contribution in [2.75, 3.05) is 23.7 Å². The van der Waals surface area contributed by atoms with Crippen molar-refractivity contribution in [3.05, 3.63) is 63.9 Å². The number of benzene rings is 2. The molecule has 0 aliphatic carbocycles. The van der Waals surface area contributed by atoms with Crippen molar-refractivity contribution in [3.8, 4) is 0 Å². The molecule has 2 rings (SSSR count). The van der Waals surface area contributed by atoms with Gasteiger partial charge < -0.3 is 10.2 Å². The topological polar surface area (TPSA) is 86.8 Å². The zero-order valence-corrected chi connectivity index (χ0v) is 20.8. The second-order valence-electron chi connectivity index (χ2n) is 7.44. The SMILES string of the molecule is CCCNC(=O)[C@@H](C)N(Cc1c(Cl)cccc1Cl)C(=O)CN(c1cccc(F)c1)S(C)(=O)=O. The molecule has 2 amide bonds. The molecular formula is C22H26Cl2FN3O4S. The first kappa shape index (κ1) is 26.9. The molecule has 0 aliphatic rings. The van der Waals surface area contributed by atoms with Crippen molar-refractivity contribution >= 4 is 50.7 Å². The van der Waals surface area contributed by atoms with Crippen LogP contribution in [0.4, 0.5) is 10.1 Å². The van der Waals surface area contributed by atoms with Gasteiger partial charge in [-0.1, -0.05) is 42.3 Å². The van der Waals surface area contributed by atoms with Crippen molar-refractivity contribution in [2.24, 2.45) is 0 Å². The van der Waals surface area contributed by atoms with E-state index in [4.69, 9.17) is 23.2 Å². The van der Waals surface area contributed by atoms with Gasteiger partial charge in [0.1, 0.15) is 18.4 Å². The van der Waals surface area contributed by atoms with Crippen LogP contribution in [0.2, 0.25) is 10.0 Å². The molecule has 2 aromatic carbocycles. The number of hydrogen-bond donors (Lipinski definition) is 1. The predicted octanol–water partition coefficient (Wildman–Crippen LogP) is 3.84. The van der Waals surface area contributed by atoms with Gasteiger partial charge in [-0.2, -0.15) is 0 Å². The molecule has 1 N–H and O–H groups in total. The predicted molar refractivity (Wildman–Crippen MR) is 128 cm³/mol. The molecule has 0 unspecified atom stereocenters. The van der Waals surface area contributed by atoms with Gasteiger partial charge in [0.15, 0.2) is 0 Å². The number of nitrogens with zero attached hydrogens (tertiary/aromatic N) is 2. The maximum atomic E-state index is 13.7. The lowest BCUT2D eigenvalue weighted by Crippen LogP contribution is -2.51. The van der Waals surface area contributed by atoms with Gasteiger partial charge >= 0.3 is 0 Å². The van der Waals surface area contributed by atoms with Gasteiger partial charge in [-0.15, -0.1) is 0 Å². The molecule has 11 heteroatoms. The normalized spacial score (nSPS) is 12.2. The van der Waals surface area contributed by atoms with Crippen molar-refractivity contribution in [3.63, 3.8) is 0 Å². The fourth-order valence-electron chi connectivity index (χ4n) is 3.08. The van der Waals surface area contributed by atoms with E-state index < -0.39 is 40.2 Å². The highest BCUT2D eigenvalue weighted by Crippen LogP contribution is 2.27. The van der Waals surface area contributed by atoms with Crippen LogP contribution in [0.5, 0.6) is 0 Å². The maximum absolute atomic E-state index is 13.7. The van der Waals surface area contributed by atoms with Crippen LogP contribution in [0.1, 0.15) is 25.8 Å². The highest BCUT2D eigenvalue weighted by atomic mass is 35.5. The third-order valence-electron chi connectivity index (χ3n) is 4.88. The Morgan fingerprint density at radius 1 is 1.12 bits per heavy atom. The molecule has 33 heavy (non-hydrogen) atoms. The van der Waals surface area contributed by atoms with Crippen LogP contribution in [0.3, 0.4) is 0 Å². The summed E-state index contributed by atoms with van der Waals surface area (Å²) in [6.07, 6.45) is 1.61. The molecule has 0 heterocycles. The Morgan fingerprint density at radius 2 is 1.73 bits per heavy atom. The van der Waals surface area contributed by atoms with Crippen LogP contribution >= 0.6 is 23.2 Å². The minimum atomic E-state index is -3.95. The van der Waals surface area contributed by atoms with E-state index in [0.717, 1.165) is 22.7 Å². The minimum Gasteiger partial charge on any atom is -0.354 e. The van der Waals surface area contributed by atoms with E-state index in [9.17, 15) is 22.4 Å². The van der Waals surface area contributed by atoms with E-state index in [1.807, 2.05) is 6.92 Å². The van der Waals surface area contributed by atoms with Crippen LogP contribution in [-0.4, -0.2) is 50.5 Å². The number of nitrogens with one attached hydrogen (secondary N) is 1. The molecule has 0 fully saturated rings. The third kappa shape index (κ3) is 7.31. The summed E-state index contributed by atoms with van der Waals surface area (Å²) in [5.74, 6) is -1.74. The van der Waals surface area contributed by atoms with Crippen LogP contribution in [-0.2, 0) is 26.2 Å². The number of sulfonamides is 1. The molecule has 0 bridgehead atoms. The summed E-state index contributed by atoms with van der Waals surface area (Å²) in [6.45, 7) is 3.06.